The van der Waals surface area contributed by atoms with E-state index in [-0.39, 0.29) is 18.4 Å². The number of aliphatic carboxylic acids is 1. The third-order valence-electron chi connectivity index (χ3n) is 7.43. The third kappa shape index (κ3) is 4.65. The molecule has 1 aliphatic carbocycles. The van der Waals surface area contributed by atoms with Crippen LogP contribution in [0.25, 0.3) is 11.0 Å². The quantitative estimate of drug-likeness (QED) is 0.534. The van der Waals surface area contributed by atoms with E-state index < -0.39 is 5.97 Å². The average Bonchev–Trinajstić information content (AvgIpc) is 3.20. The van der Waals surface area contributed by atoms with E-state index in [9.17, 15) is 9.90 Å². The molecule has 2 unspecified atom stereocenters. The molecule has 0 amide bonds. The van der Waals surface area contributed by atoms with Gasteiger partial charge in [-0.1, -0.05) is 36.8 Å². The smallest absolute Gasteiger partial charge is 0.306 e. The van der Waals surface area contributed by atoms with Crippen molar-refractivity contribution in [2.24, 2.45) is 5.92 Å². The number of anilines is 1. The van der Waals surface area contributed by atoms with Crippen LogP contribution in [0.5, 0.6) is 0 Å². The van der Waals surface area contributed by atoms with Gasteiger partial charge in [-0.25, -0.2) is 4.98 Å². The Labute approximate surface area is 200 Å². The molecule has 1 aliphatic heterocycles. The second kappa shape index (κ2) is 10.3. The summed E-state index contributed by atoms with van der Waals surface area (Å²) < 4.78 is 2.38. The van der Waals surface area contributed by atoms with E-state index in [4.69, 9.17) is 14.9 Å². The highest BCUT2D eigenvalue weighted by Gasteiger charge is 2.31. The number of hydrogen-bond donors (Lipinski definition) is 2. The van der Waals surface area contributed by atoms with Gasteiger partial charge in [-0.05, 0) is 56.7 Å². The molecular formula is C27H33N3O4. The number of hydrogen-bond acceptors (Lipinski definition) is 4. The van der Waals surface area contributed by atoms with Gasteiger partial charge in [-0.3, -0.25) is 9.59 Å². The van der Waals surface area contributed by atoms with Gasteiger partial charge < -0.3 is 19.7 Å². The van der Waals surface area contributed by atoms with Crippen molar-refractivity contribution in [1.82, 2.24) is 9.55 Å². The molecule has 2 heterocycles. The van der Waals surface area contributed by atoms with Gasteiger partial charge in [0, 0.05) is 36.8 Å². The summed E-state index contributed by atoms with van der Waals surface area (Å²) in [7, 11) is 2.18. The lowest BCUT2D eigenvalue weighted by molar-refractivity contribution is -0.143. The van der Waals surface area contributed by atoms with Crippen molar-refractivity contribution < 1.29 is 19.8 Å². The number of carboxylic acid groups (broad SMARTS) is 2. The number of carboxylic acids is 1. The Morgan fingerprint density at radius 1 is 1.15 bits per heavy atom. The van der Waals surface area contributed by atoms with Gasteiger partial charge in [0.25, 0.3) is 6.47 Å². The molecule has 3 atom stereocenters. The molecule has 0 saturated heterocycles. The SMILES string of the molecule is C[C@H]1CCc2c(ccc3c2nc(Cc2ccccc2)n3C2CCCC(C(=O)O)C2)N1C.O=CO. The minimum absolute atomic E-state index is 0.192. The largest absolute Gasteiger partial charge is 0.483 e. The highest BCUT2D eigenvalue weighted by atomic mass is 16.4. The Morgan fingerprint density at radius 3 is 2.59 bits per heavy atom. The average molecular weight is 464 g/mol. The standard InChI is InChI=1S/C26H31N3O2.CH2O2/c1-17-11-12-21-22(28(17)2)13-14-23-25(21)27-24(15-18-7-4-3-5-8-18)29(23)20-10-6-9-19(16-20)26(30)31;2-1-3/h3-5,7-8,13-14,17,19-20H,6,9-12,15-16H2,1-2H3,(H,30,31);1H,(H,2,3)/t17-,19?,20?;/m0./s1. The number of fused-ring (bicyclic) bond motifs is 3. The lowest BCUT2D eigenvalue weighted by Crippen LogP contribution is -2.33. The molecule has 5 rings (SSSR count). The van der Waals surface area contributed by atoms with Gasteiger partial charge in [0.15, 0.2) is 0 Å². The first-order valence-electron chi connectivity index (χ1n) is 12.0. The maximum atomic E-state index is 11.7. The molecule has 0 bridgehead atoms. The minimum Gasteiger partial charge on any atom is -0.483 e. The molecule has 1 aromatic heterocycles. The maximum Gasteiger partial charge on any atom is 0.306 e. The number of carbonyl (C=O) groups is 2. The molecule has 180 valence electrons. The molecule has 1 fully saturated rings. The van der Waals surface area contributed by atoms with E-state index in [1.54, 1.807) is 0 Å². The third-order valence-corrected chi connectivity index (χ3v) is 7.43. The van der Waals surface area contributed by atoms with Crippen LogP contribution in [0.3, 0.4) is 0 Å². The van der Waals surface area contributed by atoms with Gasteiger partial charge in [0.2, 0.25) is 0 Å². The number of rotatable bonds is 4. The van der Waals surface area contributed by atoms with E-state index in [1.165, 1.54) is 22.3 Å². The van der Waals surface area contributed by atoms with E-state index >= 15 is 0 Å². The second-order valence-electron chi connectivity index (χ2n) is 9.45. The van der Waals surface area contributed by atoms with Gasteiger partial charge in [0.05, 0.1) is 17.0 Å². The predicted octanol–water partition coefficient (Wildman–Crippen LogP) is 4.91. The molecule has 1 saturated carbocycles. The highest BCUT2D eigenvalue weighted by molar-refractivity contribution is 5.86. The zero-order valence-electron chi connectivity index (χ0n) is 19.9. The molecule has 2 aromatic carbocycles. The van der Waals surface area contributed by atoms with Crippen LogP contribution < -0.4 is 4.90 Å². The number of aryl methyl sites for hydroxylation is 1. The van der Waals surface area contributed by atoms with Crippen molar-refractivity contribution in [3.8, 4) is 0 Å². The van der Waals surface area contributed by atoms with Crippen LogP contribution in [-0.4, -0.2) is 45.3 Å². The van der Waals surface area contributed by atoms with Crippen LogP contribution in [0.4, 0.5) is 5.69 Å². The normalized spacial score (nSPS) is 21.9. The topological polar surface area (TPSA) is 95.7 Å². The Hall–Kier alpha value is -3.35. The maximum absolute atomic E-state index is 11.7. The van der Waals surface area contributed by atoms with E-state index in [0.717, 1.165) is 49.9 Å². The molecule has 7 heteroatoms. The summed E-state index contributed by atoms with van der Waals surface area (Å²) in [5, 5.41) is 16.5. The Morgan fingerprint density at radius 2 is 1.88 bits per heavy atom. The van der Waals surface area contributed by atoms with E-state index in [0.29, 0.717) is 12.5 Å². The summed E-state index contributed by atoms with van der Waals surface area (Å²) in [6, 6.07) is 15.7. The molecule has 7 nitrogen and oxygen atoms in total. The summed E-state index contributed by atoms with van der Waals surface area (Å²) in [5.74, 6) is 0.143. The minimum atomic E-state index is -0.660. The fourth-order valence-corrected chi connectivity index (χ4v) is 5.55. The summed E-state index contributed by atoms with van der Waals surface area (Å²) in [4.78, 5) is 27.7. The monoisotopic (exact) mass is 463 g/mol. The summed E-state index contributed by atoms with van der Waals surface area (Å²) >= 11 is 0. The van der Waals surface area contributed by atoms with Gasteiger partial charge in [-0.2, -0.15) is 0 Å². The van der Waals surface area contributed by atoms with Crippen LogP contribution in [0, 0.1) is 5.92 Å². The first kappa shape index (κ1) is 23.8. The van der Waals surface area contributed by atoms with Crippen molar-refractivity contribution in [2.45, 2.75) is 64.0 Å². The lowest BCUT2D eigenvalue weighted by Gasteiger charge is -2.34. The van der Waals surface area contributed by atoms with Crippen molar-refractivity contribution in [3.05, 3.63) is 59.4 Å². The predicted molar refractivity (Wildman–Crippen MR) is 132 cm³/mol. The summed E-state index contributed by atoms with van der Waals surface area (Å²) in [5.41, 5.74) is 6.15. The van der Waals surface area contributed by atoms with E-state index in [2.05, 4.69) is 59.8 Å². The van der Waals surface area contributed by atoms with Gasteiger partial charge in [0.1, 0.15) is 5.82 Å². The summed E-state index contributed by atoms with van der Waals surface area (Å²) in [6.45, 7) is 2.03. The van der Waals surface area contributed by atoms with Gasteiger partial charge in [-0.15, -0.1) is 0 Å². The number of nitrogens with zero attached hydrogens (tertiary/aromatic N) is 3. The number of benzene rings is 2. The van der Waals surface area contributed by atoms with Crippen LogP contribution in [0.1, 0.15) is 62.0 Å². The van der Waals surface area contributed by atoms with Crippen LogP contribution in [0.15, 0.2) is 42.5 Å². The molecule has 34 heavy (non-hydrogen) atoms. The molecule has 0 radical (unpaired) electrons. The van der Waals surface area contributed by atoms with Crippen molar-refractivity contribution >= 4 is 29.2 Å². The van der Waals surface area contributed by atoms with E-state index in [1.807, 2.05) is 6.07 Å². The molecule has 3 aromatic rings. The van der Waals surface area contributed by atoms with Gasteiger partial charge >= 0.3 is 5.97 Å². The number of aromatic nitrogens is 2. The zero-order valence-corrected chi connectivity index (χ0v) is 19.9. The Balaban J connectivity index is 0.000000868. The second-order valence-corrected chi connectivity index (χ2v) is 9.45. The first-order valence-corrected chi connectivity index (χ1v) is 12.0. The van der Waals surface area contributed by atoms with Crippen molar-refractivity contribution in [1.29, 1.82) is 0 Å². The van der Waals surface area contributed by atoms with Crippen LogP contribution in [-0.2, 0) is 22.4 Å². The summed E-state index contributed by atoms with van der Waals surface area (Å²) in [6.07, 6.45) is 6.39. The highest BCUT2D eigenvalue weighted by Crippen LogP contribution is 2.40. The zero-order chi connectivity index (χ0) is 24.2. The first-order chi connectivity index (χ1) is 16.4. The van der Waals surface area contributed by atoms with Crippen molar-refractivity contribution in [2.75, 3.05) is 11.9 Å². The fraction of sp³-hybridized carbons (Fsp3) is 0.444. The fourth-order valence-electron chi connectivity index (χ4n) is 5.55. The number of imidazole rings is 1. The lowest BCUT2D eigenvalue weighted by atomic mass is 9.85. The molecule has 2 N–H and O–H groups in total. The Bertz CT molecular complexity index is 1160. The van der Waals surface area contributed by atoms with Crippen LogP contribution in [0.2, 0.25) is 0 Å². The Kier molecular flexibility index (Phi) is 7.20. The van der Waals surface area contributed by atoms with Crippen LogP contribution >= 0.6 is 0 Å². The molecular weight excluding hydrogens is 430 g/mol. The van der Waals surface area contributed by atoms with Crippen molar-refractivity contribution in [3.63, 3.8) is 0 Å². The molecule has 0 spiro atoms. The molecule has 2 aliphatic rings.